The maximum absolute atomic E-state index is 13.0. The standard InChI is InChI=1S/C32H38N2O4/c1-7-34(8-2)19-18-25(23-14-16-24(17-15-23)33(3)4)30-27(36-5)21-28(37-6)31-26(20-29(35)38-32(30)31)22-12-10-9-11-13-22/h9-17,20-21,25H,7-8,18-19H2,1-6H3/t25-/m1/s1. The molecule has 4 aromatic rings. The minimum Gasteiger partial charge on any atom is -0.496 e. The van der Waals surface area contributed by atoms with Crippen molar-refractivity contribution >= 4 is 16.7 Å². The zero-order chi connectivity index (χ0) is 27.2. The van der Waals surface area contributed by atoms with E-state index in [2.05, 4.69) is 47.9 Å². The molecule has 0 spiro atoms. The average molecular weight is 515 g/mol. The summed E-state index contributed by atoms with van der Waals surface area (Å²) in [5, 5.41) is 0.770. The second-order valence-electron chi connectivity index (χ2n) is 9.60. The van der Waals surface area contributed by atoms with Crippen molar-refractivity contribution in [3.63, 3.8) is 0 Å². The van der Waals surface area contributed by atoms with Crippen molar-refractivity contribution in [2.45, 2.75) is 26.2 Å². The van der Waals surface area contributed by atoms with E-state index in [1.165, 1.54) is 0 Å². The lowest BCUT2D eigenvalue weighted by Crippen LogP contribution is -2.25. The van der Waals surface area contributed by atoms with Crippen LogP contribution in [0.2, 0.25) is 0 Å². The van der Waals surface area contributed by atoms with Crippen LogP contribution in [0.15, 0.2) is 75.9 Å². The number of anilines is 1. The number of ether oxygens (including phenoxy) is 2. The molecule has 1 heterocycles. The number of benzene rings is 3. The Balaban J connectivity index is 2.02. The van der Waals surface area contributed by atoms with E-state index < -0.39 is 5.63 Å². The number of methoxy groups -OCH3 is 2. The second-order valence-corrected chi connectivity index (χ2v) is 9.60. The van der Waals surface area contributed by atoms with E-state index in [0.717, 1.165) is 59.4 Å². The Labute approximate surface area is 225 Å². The molecule has 6 heteroatoms. The molecule has 0 saturated heterocycles. The molecule has 1 atom stereocenters. The third-order valence-electron chi connectivity index (χ3n) is 7.29. The van der Waals surface area contributed by atoms with Crippen LogP contribution in [0.3, 0.4) is 0 Å². The third-order valence-corrected chi connectivity index (χ3v) is 7.29. The van der Waals surface area contributed by atoms with Gasteiger partial charge in [0.2, 0.25) is 0 Å². The van der Waals surface area contributed by atoms with Gasteiger partial charge in [-0.05, 0) is 49.3 Å². The van der Waals surface area contributed by atoms with E-state index in [1.807, 2.05) is 50.5 Å². The number of hydrogen-bond donors (Lipinski definition) is 0. The van der Waals surface area contributed by atoms with Gasteiger partial charge >= 0.3 is 5.63 Å². The first-order valence-electron chi connectivity index (χ1n) is 13.2. The molecule has 0 N–H and O–H groups in total. The van der Waals surface area contributed by atoms with E-state index in [9.17, 15) is 4.79 Å². The molecule has 200 valence electrons. The molecule has 4 rings (SSSR count). The highest BCUT2D eigenvalue weighted by Crippen LogP contribution is 2.46. The fraction of sp³-hybridized carbons (Fsp3) is 0.344. The molecular formula is C32H38N2O4. The van der Waals surface area contributed by atoms with Crippen LogP contribution in [0.4, 0.5) is 5.69 Å². The van der Waals surface area contributed by atoms with Gasteiger partial charge in [0.25, 0.3) is 0 Å². The predicted octanol–water partition coefficient (Wildman–Crippen LogP) is 6.41. The van der Waals surface area contributed by atoms with Gasteiger partial charge in [0, 0.05) is 49.0 Å². The Hall–Kier alpha value is -3.77. The minimum absolute atomic E-state index is 0.0654. The van der Waals surface area contributed by atoms with Gasteiger partial charge < -0.3 is 23.7 Å². The van der Waals surface area contributed by atoms with Crippen molar-refractivity contribution < 1.29 is 13.9 Å². The van der Waals surface area contributed by atoms with Crippen LogP contribution in [0, 0.1) is 0 Å². The first-order chi connectivity index (χ1) is 18.4. The second kappa shape index (κ2) is 12.2. The number of rotatable bonds is 11. The van der Waals surface area contributed by atoms with Gasteiger partial charge in [0.05, 0.1) is 19.6 Å². The van der Waals surface area contributed by atoms with Crippen molar-refractivity contribution in [2.24, 2.45) is 0 Å². The largest absolute Gasteiger partial charge is 0.496 e. The molecule has 0 amide bonds. The lowest BCUT2D eigenvalue weighted by molar-refractivity contribution is 0.293. The summed E-state index contributed by atoms with van der Waals surface area (Å²) in [4.78, 5) is 17.5. The summed E-state index contributed by atoms with van der Waals surface area (Å²) in [6, 6.07) is 21.9. The number of hydrogen-bond acceptors (Lipinski definition) is 6. The summed E-state index contributed by atoms with van der Waals surface area (Å²) < 4.78 is 17.8. The highest BCUT2D eigenvalue weighted by atomic mass is 16.5. The van der Waals surface area contributed by atoms with Crippen LogP contribution in [-0.2, 0) is 0 Å². The fourth-order valence-electron chi connectivity index (χ4n) is 5.15. The van der Waals surface area contributed by atoms with Crippen molar-refractivity contribution in [3.05, 3.63) is 88.3 Å². The SMILES string of the molecule is CCN(CC)CC[C@H](c1ccc(N(C)C)cc1)c1c(OC)cc(OC)c2c(-c3ccccc3)cc(=O)oc12. The first kappa shape index (κ1) is 27.3. The van der Waals surface area contributed by atoms with Crippen LogP contribution in [0.1, 0.15) is 37.3 Å². The Morgan fingerprint density at radius 3 is 2.11 bits per heavy atom. The highest BCUT2D eigenvalue weighted by molar-refractivity contribution is 6.00. The Kier molecular flexibility index (Phi) is 8.74. The first-order valence-corrected chi connectivity index (χ1v) is 13.2. The molecule has 0 saturated carbocycles. The highest BCUT2D eigenvalue weighted by Gasteiger charge is 2.27. The van der Waals surface area contributed by atoms with Crippen LogP contribution < -0.4 is 20.0 Å². The maximum atomic E-state index is 13.0. The molecule has 0 unspecified atom stereocenters. The molecule has 0 aliphatic heterocycles. The van der Waals surface area contributed by atoms with Gasteiger partial charge in [-0.15, -0.1) is 0 Å². The lowest BCUT2D eigenvalue weighted by Gasteiger charge is -2.26. The summed E-state index contributed by atoms with van der Waals surface area (Å²) in [5.74, 6) is 1.18. The predicted molar refractivity (Wildman–Crippen MR) is 156 cm³/mol. The molecule has 6 nitrogen and oxygen atoms in total. The van der Waals surface area contributed by atoms with Crippen molar-refractivity contribution in [1.82, 2.24) is 4.90 Å². The smallest absolute Gasteiger partial charge is 0.336 e. The average Bonchev–Trinajstić information content (AvgIpc) is 2.95. The topological polar surface area (TPSA) is 55.2 Å². The maximum Gasteiger partial charge on any atom is 0.336 e. The normalized spacial score (nSPS) is 12.1. The summed E-state index contributed by atoms with van der Waals surface area (Å²) >= 11 is 0. The van der Waals surface area contributed by atoms with Gasteiger partial charge in [-0.25, -0.2) is 4.79 Å². The van der Waals surface area contributed by atoms with Gasteiger partial charge in [0.15, 0.2) is 0 Å². The lowest BCUT2D eigenvalue weighted by atomic mass is 9.85. The zero-order valence-corrected chi connectivity index (χ0v) is 23.3. The van der Waals surface area contributed by atoms with Crippen LogP contribution in [-0.4, -0.2) is 52.8 Å². The molecule has 0 aliphatic rings. The van der Waals surface area contributed by atoms with Gasteiger partial charge in [-0.3, -0.25) is 0 Å². The zero-order valence-electron chi connectivity index (χ0n) is 23.3. The molecule has 0 radical (unpaired) electrons. The van der Waals surface area contributed by atoms with E-state index in [1.54, 1.807) is 20.3 Å². The summed E-state index contributed by atoms with van der Waals surface area (Å²) in [7, 11) is 7.35. The Bertz CT molecular complexity index is 1410. The van der Waals surface area contributed by atoms with Crippen molar-refractivity contribution in [1.29, 1.82) is 0 Å². The monoisotopic (exact) mass is 514 g/mol. The third kappa shape index (κ3) is 5.55. The molecule has 0 aliphatic carbocycles. The fourth-order valence-corrected chi connectivity index (χ4v) is 5.15. The molecule has 0 fully saturated rings. The van der Waals surface area contributed by atoms with E-state index >= 15 is 0 Å². The molecule has 3 aromatic carbocycles. The van der Waals surface area contributed by atoms with Crippen molar-refractivity contribution in [3.8, 4) is 22.6 Å². The number of fused-ring (bicyclic) bond motifs is 1. The molecule has 0 bridgehead atoms. The van der Waals surface area contributed by atoms with Crippen LogP contribution >= 0.6 is 0 Å². The van der Waals surface area contributed by atoms with E-state index in [4.69, 9.17) is 13.9 Å². The van der Waals surface area contributed by atoms with Crippen molar-refractivity contribution in [2.75, 3.05) is 52.8 Å². The summed E-state index contributed by atoms with van der Waals surface area (Å²) in [5.41, 5.74) is 4.94. The molecular weight excluding hydrogens is 476 g/mol. The van der Waals surface area contributed by atoms with E-state index in [-0.39, 0.29) is 5.92 Å². The molecule has 1 aromatic heterocycles. The Morgan fingerprint density at radius 2 is 1.53 bits per heavy atom. The van der Waals surface area contributed by atoms with Crippen LogP contribution in [0.25, 0.3) is 22.1 Å². The van der Waals surface area contributed by atoms with Gasteiger partial charge in [-0.2, -0.15) is 0 Å². The van der Waals surface area contributed by atoms with E-state index in [0.29, 0.717) is 17.1 Å². The van der Waals surface area contributed by atoms with Crippen LogP contribution in [0.5, 0.6) is 11.5 Å². The summed E-state index contributed by atoms with van der Waals surface area (Å²) in [6.07, 6.45) is 0.833. The molecule has 38 heavy (non-hydrogen) atoms. The quantitative estimate of drug-likeness (QED) is 0.216. The number of nitrogens with zero attached hydrogens (tertiary/aromatic N) is 2. The summed E-state index contributed by atoms with van der Waals surface area (Å²) in [6.45, 7) is 7.19. The Morgan fingerprint density at radius 1 is 0.868 bits per heavy atom. The minimum atomic E-state index is -0.404. The van der Waals surface area contributed by atoms with Gasteiger partial charge in [-0.1, -0.05) is 56.3 Å². The van der Waals surface area contributed by atoms with Gasteiger partial charge in [0.1, 0.15) is 17.1 Å².